The van der Waals surface area contributed by atoms with Crippen molar-refractivity contribution in [1.82, 2.24) is 0 Å². The van der Waals surface area contributed by atoms with Crippen molar-refractivity contribution in [2.45, 2.75) is 20.8 Å². The topological polar surface area (TPSA) is 99.9 Å². The molecule has 0 unspecified atom stereocenters. The molecule has 0 spiro atoms. The Bertz CT molecular complexity index is 885. The zero-order chi connectivity index (χ0) is 20.3. The minimum Gasteiger partial charge on any atom is -0.493 e. The highest BCUT2D eigenvalue weighted by Gasteiger charge is 2.32. The lowest BCUT2D eigenvalue weighted by molar-refractivity contribution is -0.386. The Balaban J connectivity index is 2.63. The molecule has 0 atom stereocenters. The molecule has 0 fully saturated rings. The van der Waals surface area contributed by atoms with E-state index in [9.17, 15) is 14.9 Å². The molecule has 0 saturated carbocycles. The van der Waals surface area contributed by atoms with Crippen LogP contribution in [0, 0.1) is 30.9 Å². The van der Waals surface area contributed by atoms with Crippen LogP contribution < -0.4 is 19.5 Å². The van der Waals surface area contributed by atoms with Gasteiger partial charge in [0.15, 0.2) is 5.75 Å². The van der Waals surface area contributed by atoms with E-state index in [4.69, 9.17) is 14.2 Å². The summed E-state index contributed by atoms with van der Waals surface area (Å²) < 4.78 is 15.5. The lowest BCUT2D eigenvalue weighted by Gasteiger charge is -2.16. The molecule has 144 valence electrons. The molecule has 0 heterocycles. The van der Waals surface area contributed by atoms with Gasteiger partial charge in [-0.1, -0.05) is 17.7 Å². The Labute approximate surface area is 157 Å². The van der Waals surface area contributed by atoms with Gasteiger partial charge < -0.3 is 19.5 Å². The lowest BCUT2D eigenvalue weighted by Crippen LogP contribution is -2.17. The third-order valence-corrected chi connectivity index (χ3v) is 4.15. The second kappa shape index (κ2) is 7.94. The molecular formula is C19H22N2O6. The molecule has 0 aliphatic carbocycles. The molecular weight excluding hydrogens is 352 g/mol. The van der Waals surface area contributed by atoms with Crippen LogP contribution >= 0.6 is 0 Å². The Morgan fingerprint density at radius 3 is 1.96 bits per heavy atom. The number of ether oxygens (including phenoxy) is 3. The highest BCUT2D eigenvalue weighted by Crippen LogP contribution is 2.46. The first-order valence-corrected chi connectivity index (χ1v) is 8.11. The maximum atomic E-state index is 12.9. The van der Waals surface area contributed by atoms with Crippen LogP contribution in [0.1, 0.15) is 27.0 Å². The Morgan fingerprint density at radius 1 is 0.963 bits per heavy atom. The molecule has 0 saturated heterocycles. The summed E-state index contributed by atoms with van der Waals surface area (Å²) in [4.78, 5) is 23.9. The predicted molar refractivity (Wildman–Crippen MR) is 101 cm³/mol. The normalized spacial score (nSPS) is 10.3. The molecule has 0 aromatic heterocycles. The minimum absolute atomic E-state index is 0.0472. The first kappa shape index (κ1) is 20.0. The van der Waals surface area contributed by atoms with E-state index in [2.05, 4.69) is 5.32 Å². The van der Waals surface area contributed by atoms with Gasteiger partial charge in [-0.15, -0.1) is 0 Å². The number of nitro groups is 1. The van der Waals surface area contributed by atoms with E-state index in [1.54, 1.807) is 0 Å². The Hall–Kier alpha value is -3.29. The van der Waals surface area contributed by atoms with E-state index in [1.165, 1.54) is 27.4 Å². The van der Waals surface area contributed by atoms with Crippen LogP contribution in [-0.4, -0.2) is 32.2 Å². The maximum Gasteiger partial charge on any atom is 0.327 e. The third kappa shape index (κ3) is 3.79. The van der Waals surface area contributed by atoms with E-state index in [-0.39, 0.29) is 22.8 Å². The second-order valence-corrected chi connectivity index (χ2v) is 6.03. The van der Waals surface area contributed by atoms with E-state index >= 15 is 0 Å². The van der Waals surface area contributed by atoms with Gasteiger partial charge in [-0.25, -0.2) is 0 Å². The average molecular weight is 374 g/mol. The summed E-state index contributed by atoms with van der Waals surface area (Å²) in [7, 11) is 3.97. The summed E-state index contributed by atoms with van der Waals surface area (Å²) in [5.41, 5.74) is 2.70. The van der Waals surface area contributed by atoms with E-state index in [1.807, 2.05) is 32.9 Å². The standard InChI is InChI=1S/C19H22N2O6/c1-10-7-11(2)15(12(3)8-10)20-19(22)13-9-14(25-4)17(26-5)18(27-6)16(13)21(23)24/h7-9H,1-6H3,(H,20,22). The summed E-state index contributed by atoms with van der Waals surface area (Å²) in [6.07, 6.45) is 0. The third-order valence-electron chi connectivity index (χ3n) is 4.15. The fraction of sp³-hybridized carbons (Fsp3) is 0.316. The number of aryl methyl sites for hydroxylation is 3. The summed E-state index contributed by atoms with van der Waals surface area (Å²) in [6.45, 7) is 5.67. The fourth-order valence-electron chi connectivity index (χ4n) is 3.05. The monoisotopic (exact) mass is 374 g/mol. The van der Waals surface area contributed by atoms with Crippen LogP contribution in [0.3, 0.4) is 0 Å². The second-order valence-electron chi connectivity index (χ2n) is 6.03. The predicted octanol–water partition coefficient (Wildman–Crippen LogP) is 3.80. The fourth-order valence-corrected chi connectivity index (χ4v) is 3.05. The molecule has 8 nitrogen and oxygen atoms in total. The van der Waals surface area contributed by atoms with Crippen molar-refractivity contribution >= 4 is 17.3 Å². The highest BCUT2D eigenvalue weighted by atomic mass is 16.6. The zero-order valence-electron chi connectivity index (χ0n) is 16.1. The molecule has 1 amide bonds. The van der Waals surface area contributed by atoms with Crippen LogP contribution in [0.25, 0.3) is 0 Å². The van der Waals surface area contributed by atoms with Crippen LogP contribution in [0.2, 0.25) is 0 Å². The summed E-state index contributed by atoms with van der Waals surface area (Å²) >= 11 is 0. The quantitative estimate of drug-likeness (QED) is 0.610. The van der Waals surface area contributed by atoms with Crippen molar-refractivity contribution in [2.24, 2.45) is 0 Å². The largest absolute Gasteiger partial charge is 0.493 e. The van der Waals surface area contributed by atoms with Gasteiger partial charge in [-0.05, 0) is 31.9 Å². The number of rotatable bonds is 6. The average Bonchev–Trinajstić information content (AvgIpc) is 2.62. The summed E-state index contributed by atoms with van der Waals surface area (Å²) in [5, 5.41) is 14.4. The Morgan fingerprint density at radius 2 is 1.52 bits per heavy atom. The number of hydrogen-bond donors (Lipinski definition) is 1. The minimum atomic E-state index is -0.676. The highest BCUT2D eigenvalue weighted by molar-refractivity contribution is 6.09. The van der Waals surface area contributed by atoms with Crippen molar-refractivity contribution < 1.29 is 23.9 Å². The van der Waals surface area contributed by atoms with Gasteiger partial charge in [0.2, 0.25) is 11.5 Å². The van der Waals surface area contributed by atoms with Gasteiger partial charge in [0.1, 0.15) is 5.56 Å². The van der Waals surface area contributed by atoms with E-state index in [0.717, 1.165) is 16.7 Å². The van der Waals surface area contributed by atoms with E-state index < -0.39 is 16.5 Å². The number of methoxy groups -OCH3 is 3. The molecule has 8 heteroatoms. The van der Waals surface area contributed by atoms with E-state index in [0.29, 0.717) is 5.69 Å². The summed E-state index contributed by atoms with van der Waals surface area (Å²) in [6, 6.07) is 5.12. The first-order chi connectivity index (χ1) is 12.7. The van der Waals surface area contributed by atoms with Crippen LogP contribution in [0.5, 0.6) is 17.2 Å². The summed E-state index contributed by atoms with van der Waals surface area (Å²) in [5.74, 6) is -0.617. The number of nitrogens with one attached hydrogen (secondary N) is 1. The molecule has 27 heavy (non-hydrogen) atoms. The number of amides is 1. The molecule has 0 bridgehead atoms. The number of hydrogen-bond acceptors (Lipinski definition) is 6. The molecule has 0 radical (unpaired) electrons. The number of benzene rings is 2. The number of nitro benzene ring substituents is 1. The molecule has 0 aliphatic rings. The molecule has 2 rings (SSSR count). The number of anilines is 1. The van der Waals surface area contributed by atoms with Crippen LogP contribution in [-0.2, 0) is 0 Å². The number of carbonyl (C=O) groups is 1. The van der Waals surface area contributed by atoms with Gasteiger partial charge in [-0.2, -0.15) is 0 Å². The van der Waals surface area contributed by atoms with Gasteiger partial charge in [0.25, 0.3) is 5.91 Å². The van der Waals surface area contributed by atoms with Crippen molar-refractivity contribution in [2.75, 3.05) is 26.6 Å². The number of nitrogens with zero attached hydrogens (tertiary/aromatic N) is 1. The SMILES string of the molecule is COc1cc(C(=O)Nc2c(C)cc(C)cc2C)c([N+](=O)[O-])c(OC)c1OC. The van der Waals surface area contributed by atoms with Gasteiger partial charge >= 0.3 is 5.69 Å². The molecule has 2 aromatic rings. The van der Waals surface area contributed by atoms with Crippen LogP contribution in [0.4, 0.5) is 11.4 Å². The smallest absolute Gasteiger partial charge is 0.327 e. The molecule has 2 aromatic carbocycles. The molecule has 1 N–H and O–H groups in total. The van der Waals surface area contributed by atoms with Gasteiger partial charge in [0.05, 0.1) is 26.3 Å². The first-order valence-electron chi connectivity index (χ1n) is 8.11. The molecule has 0 aliphatic heterocycles. The van der Waals surface area contributed by atoms with Crippen LogP contribution in [0.15, 0.2) is 18.2 Å². The van der Waals surface area contributed by atoms with Crippen molar-refractivity contribution in [3.8, 4) is 17.2 Å². The van der Waals surface area contributed by atoms with Gasteiger partial charge in [0, 0.05) is 11.8 Å². The van der Waals surface area contributed by atoms with Gasteiger partial charge in [-0.3, -0.25) is 14.9 Å². The van der Waals surface area contributed by atoms with Crippen molar-refractivity contribution in [3.63, 3.8) is 0 Å². The van der Waals surface area contributed by atoms with Crippen molar-refractivity contribution in [3.05, 3.63) is 50.6 Å². The van der Waals surface area contributed by atoms with Crippen molar-refractivity contribution in [1.29, 1.82) is 0 Å². The Kier molecular flexibility index (Phi) is 5.89. The zero-order valence-corrected chi connectivity index (χ0v) is 16.1. The lowest BCUT2D eigenvalue weighted by atomic mass is 10.0. The number of carbonyl (C=O) groups excluding carboxylic acids is 1. The maximum absolute atomic E-state index is 12.9.